The Labute approximate surface area is 161 Å². The highest BCUT2D eigenvalue weighted by atomic mass is 16.7. The van der Waals surface area contributed by atoms with Gasteiger partial charge < -0.3 is 19.3 Å². The van der Waals surface area contributed by atoms with Gasteiger partial charge in [0.15, 0.2) is 5.79 Å². The fraction of sp³-hybridized carbons (Fsp3) is 1.00. The third kappa shape index (κ3) is 7.84. The van der Waals surface area contributed by atoms with Crippen LogP contribution < -0.4 is 0 Å². The minimum absolute atomic E-state index is 0.0135. The number of hydrogen-bond donors (Lipinski definition) is 1. The Morgan fingerprint density at radius 1 is 0.885 bits per heavy atom. The summed E-state index contributed by atoms with van der Waals surface area (Å²) < 4.78 is 17.6. The minimum atomic E-state index is -0.499. The smallest absolute Gasteiger partial charge is 0.163 e. The maximum absolute atomic E-state index is 10.4. The first-order valence-electron chi connectivity index (χ1n) is 11.2. The van der Waals surface area contributed by atoms with Gasteiger partial charge in [-0.15, -0.1) is 0 Å². The molecule has 0 spiro atoms. The molecule has 0 unspecified atom stereocenters. The van der Waals surface area contributed by atoms with E-state index in [4.69, 9.17) is 14.2 Å². The molecule has 0 aromatic carbocycles. The van der Waals surface area contributed by atoms with E-state index < -0.39 is 5.79 Å². The van der Waals surface area contributed by atoms with Gasteiger partial charge >= 0.3 is 0 Å². The second-order valence-electron chi connectivity index (χ2n) is 8.70. The highest BCUT2D eigenvalue weighted by Gasteiger charge is 2.42. The van der Waals surface area contributed by atoms with Crippen LogP contribution in [0, 0.1) is 0 Å². The Hall–Kier alpha value is -0.160. The number of aliphatic hydroxyl groups excluding tert-OH is 1. The van der Waals surface area contributed by atoms with E-state index in [0.717, 1.165) is 25.7 Å². The molecule has 0 aromatic rings. The lowest BCUT2D eigenvalue weighted by Gasteiger charge is -2.23. The molecule has 4 nitrogen and oxygen atoms in total. The molecule has 0 radical (unpaired) electrons. The molecule has 154 valence electrons. The molecule has 1 N–H and O–H groups in total. The van der Waals surface area contributed by atoms with Crippen LogP contribution in [-0.2, 0) is 14.2 Å². The molecular weight excluding hydrogens is 328 g/mol. The standard InChI is InChI=1S/C22H42O4/c1-4-5-6-7-8-9-10-11-12-13-14-18(23)19-15-16-20(25-19)21-17-24-22(2,3)26-21/h18-21,23H,4-17H2,1-3H3/t18-,19-,20-,21-/m1/s1. The lowest BCUT2D eigenvalue weighted by molar-refractivity contribution is -0.158. The quantitative estimate of drug-likeness (QED) is 0.444. The first-order chi connectivity index (χ1) is 12.5. The van der Waals surface area contributed by atoms with Gasteiger partial charge in [-0.1, -0.05) is 71.1 Å². The summed E-state index contributed by atoms with van der Waals surface area (Å²) in [5.74, 6) is -0.499. The molecule has 2 fully saturated rings. The van der Waals surface area contributed by atoms with Crippen molar-refractivity contribution in [2.45, 2.75) is 134 Å². The Kier molecular flexibility index (Phi) is 9.90. The molecule has 2 aliphatic rings. The van der Waals surface area contributed by atoms with Gasteiger partial charge in [-0.3, -0.25) is 0 Å². The number of aliphatic hydroxyl groups is 1. The normalized spacial score (nSPS) is 29.3. The molecule has 26 heavy (non-hydrogen) atoms. The topological polar surface area (TPSA) is 47.9 Å². The summed E-state index contributed by atoms with van der Waals surface area (Å²) in [5.41, 5.74) is 0. The molecule has 2 rings (SSSR count). The molecule has 0 aliphatic carbocycles. The SMILES string of the molecule is CCCCCCCCCCCC[C@@H](O)[C@H]1CC[C@H]([C@H]2COC(C)(C)O2)O1. The first-order valence-corrected chi connectivity index (χ1v) is 11.2. The number of rotatable bonds is 13. The Balaban J connectivity index is 1.47. The van der Waals surface area contributed by atoms with Crippen LogP contribution in [0.4, 0.5) is 0 Å². The maximum Gasteiger partial charge on any atom is 0.163 e. The maximum atomic E-state index is 10.4. The van der Waals surface area contributed by atoms with Crippen LogP contribution in [0.5, 0.6) is 0 Å². The summed E-state index contributed by atoms with van der Waals surface area (Å²) in [5, 5.41) is 10.4. The van der Waals surface area contributed by atoms with Crippen LogP contribution in [0.2, 0.25) is 0 Å². The van der Waals surface area contributed by atoms with Crippen molar-refractivity contribution in [3.63, 3.8) is 0 Å². The van der Waals surface area contributed by atoms with Gasteiger partial charge in [0.05, 0.1) is 24.9 Å². The predicted octanol–water partition coefficient (Wildman–Crippen LogP) is 5.36. The van der Waals surface area contributed by atoms with E-state index in [0.29, 0.717) is 6.61 Å². The van der Waals surface area contributed by atoms with Crippen LogP contribution in [0.1, 0.15) is 104 Å². The average molecular weight is 371 g/mol. The van der Waals surface area contributed by atoms with Crippen LogP contribution in [0.25, 0.3) is 0 Å². The Morgan fingerprint density at radius 2 is 1.50 bits per heavy atom. The van der Waals surface area contributed by atoms with Crippen LogP contribution in [0.3, 0.4) is 0 Å². The summed E-state index contributed by atoms with van der Waals surface area (Å²) in [6.45, 7) is 6.75. The molecule has 2 saturated heterocycles. The molecule has 2 aliphatic heterocycles. The molecular formula is C22H42O4. The van der Waals surface area contributed by atoms with E-state index in [2.05, 4.69) is 6.92 Å². The lowest BCUT2D eigenvalue weighted by atomic mass is 10.0. The summed E-state index contributed by atoms with van der Waals surface area (Å²) >= 11 is 0. The zero-order valence-corrected chi connectivity index (χ0v) is 17.4. The highest BCUT2D eigenvalue weighted by molar-refractivity contribution is 4.86. The minimum Gasteiger partial charge on any atom is -0.390 e. The monoisotopic (exact) mass is 370 g/mol. The molecule has 4 heteroatoms. The van der Waals surface area contributed by atoms with E-state index >= 15 is 0 Å². The number of unbranched alkanes of at least 4 members (excludes halogenated alkanes) is 9. The lowest BCUT2D eigenvalue weighted by Crippen LogP contribution is -2.33. The van der Waals surface area contributed by atoms with Crippen molar-refractivity contribution in [1.82, 2.24) is 0 Å². The predicted molar refractivity (Wildman–Crippen MR) is 105 cm³/mol. The van der Waals surface area contributed by atoms with Gasteiger partial charge in [-0.2, -0.15) is 0 Å². The summed E-state index contributed by atoms with van der Waals surface area (Å²) in [6.07, 6.45) is 15.8. The molecule has 0 saturated carbocycles. The Morgan fingerprint density at radius 3 is 2.08 bits per heavy atom. The second kappa shape index (κ2) is 11.6. The van der Waals surface area contributed by atoms with Crippen molar-refractivity contribution in [2.75, 3.05) is 6.61 Å². The van der Waals surface area contributed by atoms with Gasteiger partial charge in [0.1, 0.15) is 6.10 Å². The summed E-state index contributed by atoms with van der Waals surface area (Å²) in [7, 11) is 0. The number of ether oxygens (including phenoxy) is 3. The van der Waals surface area contributed by atoms with Crippen molar-refractivity contribution in [1.29, 1.82) is 0 Å². The molecule has 2 heterocycles. The van der Waals surface area contributed by atoms with Gasteiger partial charge in [0.25, 0.3) is 0 Å². The van der Waals surface area contributed by atoms with Crippen molar-refractivity contribution < 1.29 is 19.3 Å². The van der Waals surface area contributed by atoms with Crippen molar-refractivity contribution in [2.24, 2.45) is 0 Å². The van der Waals surface area contributed by atoms with Gasteiger partial charge in [0.2, 0.25) is 0 Å². The van der Waals surface area contributed by atoms with Crippen molar-refractivity contribution in [3.8, 4) is 0 Å². The van der Waals surface area contributed by atoms with Crippen molar-refractivity contribution >= 4 is 0 Å². The van der Waals surface area contributed by atoms with E-state index in [1.165, 1.54) is 57.8 Å². The Bertz CT molecular complexity index is 371. The highest BCUT2D eigenvalue weighted by Crippen LogP contribution is 2.33. The summed E-state index contributed by atoms with van der Waals surface area (Å²) in [4.78, 5) is 0. The molecule has 0 aromatic heterocycles. The van der Waals surface area contributed by atoms with Gasteiger partial charge in [0, 0.05) is 0 Å². The molecule has 4 atom stereocenters. The zero-order chi connectivity index (χ0) is 18.8. The van der Waals surface area contributed by atoms with Crippen molar-refractivity contribution in [3.05, 3.63) is 0 Å². The van der Waals surface area contributed by atoms with E-state index in [1.54, 1.807) is 0 Å². The third-order valence-corrected chi connectivity index (χ3v) is 5.81. The van der Waals surface area contributed by atoms with Gasteiger partial charge in [-0.25, -0.2) is 0 Å². The largest absolute Gasteiger partial charge is 0.390 e. The second-order valence-corrected chi connectivity index (χ2v) is 8.70. The van der Waals surface area contributed by atoms with E-state index in [1.807, 2.05) is 13.8 Å². The molecule has 0 bridgehead atoms. The average Bonchev–Trinajstić information content (AvgIpc) is 3.23. The summed E-state index contributed by atoms with van der Waals surface area (Å²) in [6, 6.07) is 0. The zero-order valence-electron chi connectivity index (χ0n) is 17.4. The fourth-order valence-electron chi connectivity index (χ4n) is 4.17. The fourth-order valence-corrected chi connectivity index (χ4v) is 4.17. The first kappa shape index (κ1) is 22.1. The van der Waals surface area contributed by atoms with Gasteiger partial charge in [-0.05, 0) is 33.1 Å². The van der Waals surface area contributed by atoms with Crippen LogP contribution >= 0.6 is 0 Å². The molecule has 0 amide bonds. The van der Waals surface area contributed by atoms with E-state index in [9.17, 15) is 5.11 Å². The van der Waals surface area contributed by atoms with Crippen LogP contribution in [-0.4, -0.2) is 41.9 Å². The van der Waals surface area contributed by atoms with Crippen LogP contribution in [0.15, 0.2) is 0 Å². The number of hydrogen-bond acceptors (Lipinski definition) is 4. The third-order valence-electron chi connectivity index (χ3n) is 5.81. The van der Waals surface area contributed by atoms with E-state index in [-0.39, 0.29) is 24.4 Å².